The molecule has 0 fully saturated rings. The molecule has 1 aromatic carbocycles. The molecule has 0 aliphatic heterocycles. The third kappa shape index (κ3) is 13.3. The van der Waals surface area contributed by atoms with E-state index < -0.39 is 6.09 Å². The number of hydrogen-bond acceptors (Lipinski definition) is 6. The van der Waals surface area contributed by atoms with Gasteiger partial charge in [-0.25, -0.2) is 4.79 Å². The number of carbonyl (C=O) groups is 1. The van der Waals surface area contributed by atoms with Crippen molar-refractivity contribution in [3.8, 4) is 0 Å². The van der Waals surface area contributed by atoms with Crippen molar-refractivity contribution in [2.75, 3.05) is 59.4 Å². The van der Waals surface area contributed by atoms with Gasteiger partial charge in [-0.05, 0) is 12.5 Å². The van der Waals surface area contributed by atoms with E-state index in [9.17, 15) is 4.79 Å². The van der Waals surface area contributed by atoms with E-state index in [0.29, 0.717) is 59.4 Å². The summed E-state index contributed by atoms with van der Waals surface area (Å²) < 4.78 is 26.2. The lowest BCUT2D eigenvalue weighted by Gasteiger charge is -2.08. The molecule has 0 saturated carbocycles. The third-order valence-corrected chi connectivity index (χ3v) is 3.05. The van der Waals surface area contributed by atoms with E-state index in [4.69, 9.17) is 23.7 Å². The van der Waals surface area contributed by atoms with Crippen molar-refractivity contribution in [2.45, 2.75) is 13.5 Å². The Morgan fingerprint density at radius 1 is 0.840 bits per heavy atom. The summed E-state index contributed by atoms with van der Waals surface area (Å²) in [5.74, 6) is 0. The molecule has 0 aliphatic rings. The first-order valence-corrected chi connectivity index (χ1v) is 8.58. The molecule has 7 heteroatoms. The van der Waals surface area contributed by atoms with Crippen molar-refractivity contribution in [2.24, 2.45) is 0 Å². The summed E-state index contributed by atoms with van der Waals surface area (Å²) in [4.78, 5) is 11.5. The summed E-state index contributed by atoms with van der Waals surface area (Å²) in [6.45, 7) is 6.95. The molecule has 0 bridgehead atoms. The normalized spacial score (nSPS) is 10.6. The highest BCUT2D eigenvalue weighted by molar-refractivity contribution is 5.67. The Morgan fingerprint density at radius 2 is 1.40 bits per heavy atom. The van der Waals surface area contributed by atoms with Crippen LogP contribution in [-0.4, -0.2) is 65.5 Å². The zero-order valence-corrected chi connectivity index (χ0v) is 14.9. The summed E-state index contributed by atoms with van der Waals surface area (Å²) >= 11 is 0. The Labute approximate surface area is 149 Å². The molecule has 25 heavy (non-hydrogen) atoms. The van der Waals surface area contributed by atoms with Gasteiger partial charge in [-0.2, -0.15) is 0 Å². The van der Waals surface area contributed by atoms with E-state index in [1.807, 2.05) is 37.3 Å². The van der Waals surface area contributed by atoms with Crippen molar-refractivity contribution in [1.82, 2.24) is 5.32 Å². The van der Waals surface area contributed by atoms with E-state index >= 15 is 0 Å². The molecule has 0 aromatic heterocycles. The van der Waals surface area contributed by atoms with Gasteiger partial charge >= 0.3 is 6.09 Å². The van der Waals surface area contributed by atoms with E-state index in [2.05, 4.69) is 5.32 Å². The van der Waals surface area contributed by atoms with Gasteiger partial charge in [-0.3, -0.25) is 0 Å². The zero-order chi connectivity index (χ0) is 18.0. The van der Waals surface area contributed by atoms with Crippen molar-refractivity contribution in [3.63, 3.8) is 0 Å². The van der Waals surface area contributed by atoms with Gasteiger partial charge in [0, 0.05) is 13.2 Å². The minimum absolute atomic E-state index is 0.258. The lowest BCUT2D eigenvalue weighted by atomic mass is 10.2. The second kappa shape index (κ2) is 15.8. The highest BCUT2D eigenvalue weighted by Crippen LogP contribution is 2.00. The Kier molecular flexibility index (Phi) is 13.5. The van der Waals surface area contributed by atoms with Gasteiger partial charge < -0.3 is 29.0 Å². The number of benzene rings is 1. The lowest BCUT2D eigenvalue weighted by molar-refractivity contribution is -0.000129. The van der Waals surface area contributed by atoms with E-state index in [0.717, 1.165) is 5.56 Å². The molecule has 0 spiro atoms. The predicted molar refractivity (Wildman–Crippen MR) is 93.6 cm³/mol. The molecule has 1 amide bonds. The Balaban J connectivity index is 1.80. The van der Waals surface area contributed by atoms with Crippen LogP contribution in [-0.2, 0) is 30.3 Å². The summed E-state index contributed by atoms with van der Waals surface area (Å²) in [6.07, 6.45) is -0.451. The standard InChI is InChI=1S/C18H29NO6/c1-2-21-10-11-23-14-15-24-13-12-22-9-8-19-18(20)25-16-17-6-4-3-5-7-17/h3-7H,2,8-16H2,1H3,(H,19,20). The third-order valence-electron chi connectivity index (χ3n) is 3.05. The minimum Gasteiger partial charge on any atom is -0.445 e. The summed E-state index contributed by atoms with van der Waals surface area (Å²) in [6, 6.07) is 9.53. The van der Waals surface area contributed by atoms with Crippen LogP contribution >= 0.6 is 0 Å². The fraction of sp³-hybridized carbons (Fsp3) is 0.611. The lowest BCUT2D eigenvalue weighted by Crippen LogP contribution is -2.28. The quantitative estimate of drug-likeness (QED) is 0.485. The molecule has 0 heterocycles. The zero-order valence-electron chi connectivity index (χ0n) is 14.9. The van der Waals surface area contributed by atoms with Gasteiger partial charge in [0.2, 0.25) is 0 Å². The van der Waals surface area contributed by atoms with Crippen LogP contribution in [0.3, 0.4) is 0 Å². The topological polar surface area (TPSA) is 75.3 Å². The fourth-order valence-electron chi connectivity index (χ4n) is 1.80. The summed E-state index contributed by atoms with van der Waals surface area (Å²) in [5, 5.41) is 2.63. The first-order chi connectivity index (χ1) is 12.3. The Hall–Kier alpha value is -1.67. The van der Waals surface area contributed by atoms with E-state index in [1.54, 1.807) is 0 Å². The Bertz CT molecular complexity index is 429. The molecule has 0 atom stereocenters. The van der Waals surface area contributed by atoms with Crippen LogP contribution in [0.25, 0.3) is 0 Å². The number of rotatable bonds is 15. The van der Waals surface area contributed by atoms with Crippen LogP contribution in [0, 0.1) is 0 Å². The SMILES string of the molecule is CCOCCOCCOCCOCCNC(=O)OCc1ccccc1. The molecule has 142 valence electrons. The number of hydrogen-bond donors (Lipinski definition) is 1. The number of alkyl carbamates (subject to hydrolysis) is 1. The van der Waals surface area contributed by atoms with Crippen molar-refractivity contribution in [1.29, 1.82) is 0 Å². The van der Waals surface area contributed by atoms with E-state index in [-0.39, 0.29) is 6.61 Å². The minimum atomic E-state index is -0.451. The average Bonchev–Trinajstić information content (AvgIpc) is 2.64. The van der Waals surface area contributed by atoms with Crippen molar-refractivity contribution < 1.29 is 28.5 Å². The van der Waals surface area contributed by atoms with Crippen LogP contribution in [0.15, 0.2) is 30.3 Å². The molecule has 0 radical (unpaired) electrons. The highest BCUT2D eigenvalue weighted by atomic mass is 16.6. The number of nitrogens with one attached hydrogen (secondary N) is 1. The second-order valence-corrected chi connectivity index (χ2v) is 5.02. The first kappa shape index (κ1) is 21.4. The smallest absolute Gasteiger partial charge is 0.407 e. The van der Waals surface area contributed by atoms with Crippen LogP contribution < -0.4 is 5.32 Å². The predicted octanol–water partition coefficient (Wildman–Crippen LogP) is 2.00. The molecule has 7 nitrogen and oxygen atoms in total. The van der Waals surface area contributed by atoms with Crippen LogP contribution in [0.2, 0.25) is 0 Å². The maximum Gasteiger partial charge on any atom is 0.407 e. The number of ether oxygens (including phenoxy) is 5. The van der Waals surface area contributed by atoms with E-state index in [1.165, 1.54) is 0 Å². The highest BCUT2D eigenvalue weighted by Gasteiger charge is 2.01. The van der Waals surface area contributed by atoms with Crippen molar-refractivity contribution in [3.05, 3.63) is 35.9 Å². The molecule has 1 rings (SSSR count). The molecule has 0 aliphatic carbocycles. The van der Waals surface area contributed by atoms with Gasteiger partial charge in [-0.15, -0.1) is 0 Å². The molecular weight excluding hydrogens is 326 g/mol. The van der Waals surface area contributed by atoms with Crippen LogP contribution in [0.4, 0.5) is 4.79 Å². The molecule has 1 N–H and O–H groups in total. The molecule has 0 saturated heterocycles. The number of amides is 1. The largest absolute Gasteiger partial charge is 0.445 e. The van der Waals surface area contributed by atoms with Gasteiger partial charge in [0.25, 0.3) is 0 Å². The average molecular weight is 355 g/mol. The van der Waals surface area contributed by atoms with Gasteiger partial charge in [0.1, 0.15) is 6.61 Å². The first-order valence-electron chi connectivity index (χ1n) is 8.58. The van der Waals surface area contributed by atoms with Gasteiger partial charge in [0.05, 0.1) is 46.2 Å². The van der Waals surface area contributed by atoms with Crippen LogP contribution in [0.5, 0.6) is 0 Å². The molecule has 1 aromatic rings. The maximum absolute atomic E-state index is 11.5. The summed E-state index contributed by atoms with van der Waals surface area (Å²) in [5.41, 5.74) is 0.952. The fourth-order valence-corrected chi connectivity index (χ4v) is 1.80. The van der Waals surface area contributed by atoms with Gasteiger partial charge in [0.15, 0.2) is 0 Å². The number of carbonyl (C=O) groups excluding carboxylic acids is 1. The monoisotopic (exact) mass is 355 g/mol. The second-order valence-electron chi connectivity index (χ2n) is 5.02. The Morgan fingerprint density at radius 3 is 2.00 bits per heavy atom. The maximum atomic E-state index is 11.5. The molecule has 0 unspecified atom stereocenters. The summed E-state index contributed by atoms with van der Waals surface area (Å²) in [7, 11) is 0. The van der Waals surface area contributed by atoms with Crippen LogP contribution in [0.1, 0.15) is 12.5 Å². The molecular formula is C18H29NO6. The van der Waals surface area contributed by atoms with Crippen molar-refractivity contribution >= 4 is 6.09 Å². The van der Waals surface area contributed by atoms with Gasteiger partial charge in [-0.1, -0.05) is 30.3 Å².